The Balaban J connectivity index is 1.35. The molecule has 1 saturated carbocycles. The van der Waals surface area contributed by atoms with E-state index in [-0.39, 0.29) is 35.5 Å². The number of imide groups is 1. The number of allylic oxidation sites excluding steroid dienone is 2. The van der Waals surface area contributed by atoms with Crippen molar-refractivity contribution in [1.82, 2.24) is 5.01 Å². The smallest absolute Gasteiger partial charge is 0.254 e. The van der Waals surface area contributed by atoms with Gasteiger partial charge in [-0.15, -0.1) is 0 Å². The van der Waals surface area contributed by atoms with Crippen LogP contribution in [0.1, 0.15) is 24.5 Å². The molecule has 0 aromatic heterocycles. The zero-order chi connectivity index (χ0) is 22.2. The minimum Gasteiger partial charge on any atom is -0.490 e. The van der Waals surface area contributed by atoms with Gasteiger partial charge in [-0.2, -0.15) is 10.1 Å². The first-order chi connectivity index (χ1) is 15.6. The lowest BCUT2D eigenvalue weighted by Gasteiger charge is -2.15. The predicted octanol–water partition coefficient (Wildman–Crippen LogP) is 4.57. The number of carbonyl (C=O) groups excluding carboxylic acids is 2. The maximum Gasteiger partial charge on any atom is 0.254 e. The summed E-state index contributed by atoms with van der Waals surface area (Å²) >= 11 is 3.56. The molecule has 164 valence electrons. The Bertz CT molecular complexity index is 1080. The molecule has 1 aliphatic heterocycles. The van der Waals surface area contributed by atoms with Crippen LogP contribution in [-0.2, 0) is 16.2 Å². The lowest BCUT2D eigenvalue weighted by molar-refractivity contribution is -0.140. The molecule has 2 fully saturated rings. The van der Waals surface area contributed by atoms with E-state index in [1.54, 1.807) is 6.07 Å². The maximum atomic E-state index is 12.8. The molecule has 2 bridgehead atoms. The normalized spacial score (nSPS) is 25.8. The van der Waals surface area contributed by atoms with Gasteiger partial charge < -0.3 is 9.47 Å². The topological polar surface area (TPSA) is 68.2 Å². The summed E-state index contributed by atoms with van der Waals surface area (Å²) in [6.07, 6.45) is 6.58. The molecule has 32 heavy (non-hydrogen) atoms. The van der Waals surface area contributed by atoms with Gasteiger partial charge >= 0.3 is 0 Å². The molecule has 7 heteroatoms. The first-order valence-electron chi connectivity index (χ1n) is 10.8. The Morgan fingerprint density at radius 2 is 1.75 bits per heavy atom. The van der Waals surface area contributed by atoms with Crippen LogP contribution in [0.25, 0.3) is 0 Å². The largest absolute Gasteiger partial charge is 0.490 e. The third-order valence-corrected chi connectivity index (χ3v) is 6.92. The highest BCUT2D eigenvalue weighted by molar-refractivity contribution is 9.10. The van der Waals surface area contributed by atoms with Gasteiger partial charge in [0.25, 0.3) is 11.8 Å². The Morgan fingerprint density at radius 1 is 1.06 bits per heavy atom. The molecule has 0 unspecified atom stereocenters. The molecule has 4 atom stereocenters. The van der Waals surface area contributed by atoms with Gasteiger partial charge in [0, 0.05) is 0 Å². The van der Waals surface area contributed by atoms with Gasteiger partial charge in [0.05, 0.1) is 29.1 Å². The average Bonchev–Trinajstić information content (AvgIpc) is 3.47. The van der Waals surface area contributed by atoms with E-state index >= 15 is 0 Å². The van der Waals surface area contributed by atoms with E-state index in [1.807, 2.05) is 43.3 Å². The summed E-state index contributed by atoms with van der Waals surface area (Å²) < 4.78 is 12.5. The van der Waals surface area contributed by atoms with Crippen molar-refractivity contribution in [2.24, 2.45) is 28.8 Å². The molecule has 1 heterocycles. The van der Waals surface area contributed by atoms with E-state index in [0.29, 0.717) is 34.7 Å². The molecule has 0 spiro atoms. The maximum absolute atomic E-state index is 12.8. The second-order valence-corrected chi connectivity index (χ2v) is 9.12. The molecule has 6 nitrogen and oxygen atoms in total. The first kappa shape index (κ1) is 20.9. The third kappa shape index (κ3) is 3.64. The van der Waals surface area contributed by atoms with E-state index in [2.05, 4.69) is 33.2 Å². The van der Waals surface area contributed by atoms with Crippen molar-refractivity contribution in [3.8, 4) is 11.5 Å². The highest BCUT2D eigenvalue weighted by atomic mass is 79.9. The fourth-order valence-electron chi connectivity index (χ4n) is 4.92. The molecule has 3 aliphatic rings. The molecule has 2 aromatic carbocycles. The van der Waals surface area contributed by atoms with Crippen molar-refractivity contribution in [3.05, 3.63) is 70.2 Å². The summed E-state index contributed by atoms with van der Waals surface area (Å²) in [4.78, 5) is 25.6. The molecule has 5 rings (SSSR count). The van der Waals surface area contributed by atoms with Gasteiger partial charge in [-0.3, -0.25) is 9.59 Å². The monoisotopic (exact) mass is 494 g/mol. The van der Waals surface area contributed by atoms with Crippen LogP contribution < -0.4 is 9.47 Å². The molecule has 0 radical (unpaired) electrons. The second kappa shape index (κ2) is 8.54. The third-order valence-electron chi connectivity index (χ3n) is 6.33. The molecular formula is C25H23BrN2O4. The van der Waals surface area contributed by atoms with Crippen LogP contribution in [0.3, 0.4) is 0 Å². The van der Waals surface area contributed by atoms with E-state index in [9.17, 15) is 9.59 Å². The highest BCUT2D eigenvalue weighted by Gasteiger charge is 2.59. The standard InChI is InChI=1S/C25H23BrN2O4/c1-2-31-20-11-16(10-19(26)23(20)32-14-15-6-4-3-5-7-15)13-27-28-24(29)21-17-8-9-18(12-17)22(21)25(28)30/h3-11,13,17-18,21-22H,2,12,14H2,1H3/t17-,18-,21-,22+/m0/s1. The number of carbonyl (C=O) groups is 2. The fraction of sp³-hybridized carbons (Fsp3) is 0.320. The van der Waals surface area contributed by atoms with Gasteiger partial charge in [-0.25, -0.2) is 0 Å². The summed E-state index contributed by atoms with van der Waals surface area (Å²) in [5.74, 6) is 0.599. The van der Waals surface area contributed by atoms with Crippen molar-refractivity contribution in [3.63, 3.8) is 0 Å². The molecule has 0 N–H and O–H groups in total. The summed E-state index contributed by atoms with van der Waals surface area (Å²) in [6.45, 7) is 2.78. The second-order valence-electron chi connectivity index (χ2n) is 8.27. The molecule has 2 amide bonds. The van der Waals surface area contributed by atoms with Gasteiger partial charge in [0.2, 0.25) is 0 Å². The van der Waals surface area contributed by atoms with Crippen molar-refractivity contribution in [1.29, 1.82) is 0 Å². The Kier molecular flexibility index (Phi) is 5.59. The number of benzene rings is 2. The number of hydrazone groups is 1. The van der Waals surface area contributed by atoms with Crippen molar-refractivity contribution >= 4 is 34.0 Å². The molecule has 2 aliphatic carbocycles. The number of rotatable bonds is 7. The number of hydrogen-bond donors (Lipinski definition) is 0. The van der Waals surface area contributed by atoms with Crippen LogP contribution >= 0.6 is 15.9 Å². The summed E-state index contributed by atoms with van der Waals surface area (Å²) in [6, 6.07) is 13.5. The van der Waals surface area contributed by atoms with Crippen molar-refractivity contribution < 1.29 is 19.1 Å². The van der Waals surface area contributed by atoms with Crippen LogP contribution in [0.2, 0.25) is 0 Å². The summed E-state index contributed by atoms with van der Waals surface area (Å²) in [7, 11) is 0. The SMILES string of the molecule is CCOc1cc(C=NN2C(=O)[C@@H]3[C@H](C2=O)[C@H]2C=C[C@H]3C2)cc(Br)c1OCc1ccccc1. The Morgan fingerprint density at radius 3 is 2.41 bits per heavy atom. The van der Waals surface area contributed by atoms with E-state index < -0.39 is 0 Å². The number of ether oxygens (including phenoxy) is 2. The number of hydrogen-bond acceptors (Lipinski definition) is 5. The van der Waals surface area contributed by atoms with Crippen LogP contribution in [-0.4, -0.2) is 29.6 Å². The summed E-state index contributed by atoms with van der Waals surface area (Å²) in [5.41, 5.74) is 1.75. The van der Waals surface area contributed by atoms with E-state index in [0.717, 1.165) is 17.0 Å². The Labute approximate surface area is 195 Å². The van der Waals surface area contributed by atoms with Crippen LogP contribution in [0.5, 0.6) is 11.5 Å². The van der Waals surface area contributed by atoms with Gasteiger partial charge in [-0.1, -0.05) is 42.5 Å². The number of halogens is 1. The highest BCUT2D eigenvalue weighted by Crippen LogP contribution is 2.52. The van der Waals surface area contributed by atoms with Crippen molar-refractivity contribution in [2.45, 2.75) is 20.0 Å². The quantitative estimate of drug-likeness (QED) is 0.321. The Hall–Kier alpha value is -2.93. The molecule has 2 aromatic rings. The summed E-state index contributed by atoms with van der Waals surface area (Å²) in [5, 5.41) is 5.32. The van der Waals surface area contributed by atoms with Gasteiger partial charge in [-0.05, 0) is 64.4 Å². The number of nitrogens with zero attached hydrogens (tertiary/aromatic N) is 2. The average molecular weight is 495 g/mol. The van der Waals surface area contributed by atoms with Crippen LogP contribution in [0.4, 0.5) is 0 Å². The minimum atomic E-state index is -0.255. The van der Waals surface area contributed by atoms with Crippen molar-refractivity contribution in [2.75, 3.05) is 6.61 Å². The lowest BCUT2D eigenvalue weighted by Crippen LogP contribution is -2.28. The predicted molar refractivity (Wildman–Crippen MR) is 123 cm³/mol. The zero-order valence-electron chi connectivity index (χ0n) is 17.6. The molecular weight excluding hydrogens is 472 g/mol. The molecule has 1 saturated heterocycles. The minimum absolute atomic E-state index is 0.168. The lowest BCUT2D eigenvalue weighted by atomic mass is 9.85. The number of fused-ring (bicyclic) bond motifs is 5. The van der Waals surface area contributed by atoms with Crippen LogP contribution in [0.15, 0.2) is 64.2 Å². The van der Waals surface area contributed by atoms with Crippen LogP contribution in [0, 0.1) is 23.7 Å². The van der Waals surface area contributed by atoms with Gasteiger partial charge in [0.1, 0.15) is 6.61 Å². The van der Waals surface area contributed by atoms with Gasteiger partial charge in [0.15, 0.2) is 11.5 Å². The number of amides is 2. The zero-order valence-corrected chi connectivity index (χ0v) is 19.2. The van der Waals surface area contributed by atoms with E-state index in [1.165, 1.54) is 6.21 Å². The first-order valence-corrected chi connectivity index (χ1v) is 11.6. The van der Waals surface area contributed by atoms with E-state index in [4.69, 9.17) is 9.47 Å². The fourth-order valence-corrected chi connectivity index (χ4v) is 5.49.